The number of ether oxygens (including phenoxy) is 1. The average Bonchev–Trinajstić information content (AvgIpc) is 3.16. The van der Waals surface area contributed by atoms with Gasteiger partial charge in [-0.25, -0.2) is 4.79 Å². The average molecular weight is 506 g/mol. The summed E-state index contributed by atoms with van der Waals surface area (Å²) < 4.78 is 6.42. The minimum atomic E-state index is -1.07. The first-order valence-corrected chi connectivity index (χ1v) is 12.7. The summed E-state index contributed by atoms with van der Waals surface area (Å²) >= 11 is 0. The number of nitrogens with zero attached hydrogens (tertiary/aromatic N) is 1. The maximum absolute atomic E-state index is 13.3. The van der Waals surface area contributed by atoms with E-state index in [1.807, 2.05) is 6.92 Å². The Bertz CT molecular complexity index is 1290. The minimum absolute atomic E-state index is 0.0839. The predicted octanol–water partition coefficient (Wildman–Crippen LogP) is 5.78. The number of anilines is 1. The molecule has 0 saturated heterocycles. The highest BCUT2D eigenvalue weighted by Gasteiger charge is 2.44. The summed E-state index contributed by atoms with van der Waals surface area (Å²) in [6, 6.07) is 7.64. The first kappa shape index (κ1) is 26.5. The fraction of sp³-hybridized carbons (Fsp3) is 0.400. The topological polar surface area (TPSA) is 107 Å². The van der Waals surface area contributed by atoms with Crippen molar-refractivity contribution in [3.8, 4) is 11.5 Å². The van der Waals surface area contributed by atoms with E-state index in [-0.39, 0.29) is 30.2 Å². The monoisotopic (exact) mass is 505 g/mol. The van der Waals surface area contributed by atoms with E-state index < -0.39 is 17.7 Å². The molecule has 0 bridgehead atoms. The molecular formula is C30H35NO6. The first-order valence-electron chi connectivity index (χ1n) is 12.7. The number of aromatic carboxylic acids is 1. The Morgan fingerprint density at radius 3 is 2.62 bits per heavy atom. The molecule has 3 N–H and O–H groups in total. The van der Waals surface area contributed by atoms with Crippen LogP contribution in [0.5, 0.6) is 11.5 Å². The summed E-state index contributed by atoms with van der Waals surface area (Å²) in [4.78, 5) is 26.2. The number of phenolic OH excluding ortho intramolecular Hbond substituents is 1. The molecule has 0 fully saturated rings. The van der Waals surface area contributed by atoms with Crippen LogP contribution in [0.15, 0.2) is 53.6 Å². The molecule has 0 spiro atoms. The number of carboxylic acid groups (broad SMARTS) is 1. The van der Waals surface area contributed by atoms with Crippen molar-refractivity contribution in [3.05, 3.63) is 75.9 Å². The second-order valence-corrected chi connectivity index (χ2v) is 10.5. The molecule has 0 saturated carbocycles. The number of aliphatic hydroxyl groups is 1. The molecule has 2 aromatic carbocycles. The molecule has 0 radical (unpaired) electrons. The molecule has 0 aliphatic carbocycles. The molecule has 0 aromatic heterocycles. The van der Waals surface area contributed by atoms with Crippen LogP contribution in [0.3, 0.4) is 0 Å². The number of hydrogen-bond donors (Lipinski definition) is 3. The Labute approximate surface area is 217 Å². The first-order chi connectivity index (χ1) is 17.5. The lowest BCUT2D eigenvalue weighted by Gasteiger charge is -2.40. The summed E-state index contributed by atoms with van der Waals surface area (Å²) in [5, 5.41) is 31.1. The van der Waals surface area contributed by atoms with Gasteiger partial charge in [0.15, 0.2) is 0 Å². The van der Waals surface area contributed by atoms with Gasteiger partial charge in [-0.15, -0.1) is 0 Å². The number of aliphatic hydroxyl groups excluding tert-OH is 1. The third-order valence-electron chi connectivity index (χ3n) is 7.32. The summed E-state index contributed by atoms with van der Waals surface area (Å²) in [7, 11) is 0. The van der Waals surface area contributed by atoms with Crippen molar-refractivity contribution in [2.45, 2.75) is 78.0 Å². The summed E-state index contributed by atoms with van der Waals surface area (Å²) in [5.41, 5.74) is 3.71. The minimum Gasteiger partial charge on any atom is -0.508 e. The third kappa shape index (κ3) is 5.42. The zero-order chi connectivity index (χ0) is 26.9. The maximum atomic E-state index is 13.3. The van der Waals surface area contributed by atoms with Crippen LogP contribution in [0.4, 0.5) is 5.69 Å². The van der Waals surface area contributed by atoms with E-state index in [9.17, 15) is 24.9 Å². The van der Waals surface area contributed by atoms with E-state index in [2.05, 4.69) is 32.9 Å². The fourth-order valence-corrected chi connectivity index (χ4v) is 5.01. The second-order valence-electron chi connectivity index (χ2n) is 10.5. The van der Waals surface area contributed by atoms with Gasteiger partial charge in [0.1, 0.15) is 17.1 Å². The zero-order valence-corrected chi connectivity index (χ0v) is 21.9. The van der Waals surface area contributed by atoms with Gasteiger partial charge in [-0.1, -0.05) is 29.4 Å². The number of hydrogen-bond acceptors (Lipinski definition) is 5. The van der Waals surface area contributed by atoms with Gasteiger partial charge in [0.2, 0.25) is 0 Å². The molecule has 2 aliphatic heterocycles. The van der Waals surface area contributed by atoms with Crippen molar-refractivity contribution >= 4 is 17.6 Å². The van der Waals surface area contributed by atoms with Crippen molar-refractivity contribution < 1.29 is 29.6 Å². The number of phenols is 1. The van der Waals surface area contributed by atoms with Crippen LogP contribution in [-0.2, 0) is 13.0 Å². The van der Waals surface area contributed by atoms with Crippen LogP contribution in [0, 0.1) is 0 Å². The number of fused-ring (bicyclic) bond motifs is 3. The van der Waals surface area contributed by atoms with E-state index in [1.165, 1.54) is 34.2 Å². The van der Waals surface area contributed by atoms with Crippen LogP contribution in [-0.4, -0.2) is 38.9 Å². The number of carbonyl (C=O) groups excluding carboxylic acids is 1. The van der Waals surface area contributed by atoms with Gasteiger partial charge in [-0.05, 0) is 77.6 Å². The van der Waals surface area contributed by atoms with Crippen molar-refractivity contribution in [2.24, 2.45) is 0 Å². The van der Waals surface area contributed by atoms with Crippen LogP contribution >= 0.6 is 0 Å². The number of amides is 1. The van der Waals surface area contributed by atoms with Crippen molar-refractivity contribution in [1.82, 2.24) is 0 Å². The Balaban J connectivity index is 1.57. The lowest BCUT2D eigenvalue weighted by Crippen LogP contribution is -2.49. The van der Waals surface area contributed by atoms with Crippen LogP contribution < -0.4 is 9.64 Å². The molecule has 2 aromatic rings. The fourth-order valence-electron chi connectivity index (χ4n) is 5.01. The predicted molar refractivity (Wildman–Crippen MR) is 142 cm³/mol. The van der Waals surface area contributed by atoms with Crippen LogP contribution in [0.2, 0.25) is 0 Å². The van der Waals surface area contributed by atoms with Crippen molar-refractivity contribution in [1.29, 1.82) is 0 Å². The third-order valence-corrected chi connectivity index (χ3v) is 7.32. The highest BCUT2D eigenvalue weighted by atomic mass is 16.5. The zero-order valence-electron chi connectivity index (χ0n) is 21.9. The van der Waals surface area contributed by atoms with Gasteiger partial charge >= 0.3 is 5.97 Å². The number of aromatic hydroxyl groups is 1. The molecule has 2 atom stereocenters. The molecule has 2 aliphatic rings. The Morgan fingerprint density at radius 2 is 1.92 bits per heavy atom. The van der Waals surface area contributed by atoms with E-state index in [4.69, 9.17) is 4.74 Å². The molecule has 0 unspecified atom stereocenters. The number of benzene rings is 2. The van der Waals surface area contributed by atoms with Crippen molar-refractivity contribution in [2.75, 3.05) is 4.90 Å². The smallest absolute Gasteiger partial charge is 0.335 e. The van der Waals surface area contributed by atoms with Gasteiger partial charge in [0.25, 0.3) is 5.91 Å². The Kier molecular flexibility index (Phi) is 7.46. The molecule has 1 amide bonds. The van der Waals surface area contributed by atoms with E-state index >= 15 is 0 Å². The van der Waals surface area contributed by atoms with Gasteiger partial charge in [0.05, 0.1) is 23.8 Å². The van der Waals surface area contributed by atoms with Crippen LogP contribution in [0.25, 0.3) is 0 Å². The quantitative estimate of drug-likeness (QED) is 0.393. The van der Waals surface area contributed by atoms with E-state index in [0.29, 0.717) is 34.5 Å². The highest BCUT2D eigenvalue weighted by Crippen LogP contribution is 2.47. The SMILES string of the molecule is CC(C)=CCC/C(C)=C/CC[C@]1(C)Oc2c(c(O)cc3c2CN(c2cccc(C(=O)O)c2)C3=O)C[C@@H]1O. The molecule has 4 rings (SSSR count). The molecular weight excluding hydrogens is 470 g/mol. The molecule has 7 heteroatoms. The lowest BCUT2D eigenvalue weighted by molar-refractivity contribution is -0.0597. The van der Waals surface area contributed by atoms with Gasteiger partial charge < -0.3 is 25.0 Å². The van der Waals surface area contributed by atoms with Crippen LogP contribution in [0.1, 0.15) is 85.2 Å². The number of rotatable bonds is 8. The lowest BCUT2D eigenvalue weighted by atomic mass is 9.84. The van der Waals surface area contributed by atoms with E-state index in [0.717, 1.165) is 19.3 Å². The molecule has 7 nitrogen and oxygen atoms in total. The van der Waals surface area contributed by atoms with Gasteiger partial charge in [-0.3, -0.25) is 4.79 Å². The van der Waals surface area contributed by atoms with Crippen molar-refractivity contribution in [3.63, 3.8) is 0 Å². The molecule has 196 valence electrons. The molecule has 2 heterocycles. The number of allylic oxidation sites excluding steroid dienone is 4. The summed E-state index contributed by atoms with van der Waals surface area (Å²) in [6.45, 7) is 8.35. The van der Waals surface area contributed by atoms with E-state index in [1.54, 1.807) is 12.1 Å². The Hall–Kier alpha value is -3.58. The van der Waals surface area contributed by atoms with Gasteiger partial charge in [-0.2, -0.15) is 0 Å². The second kappa shape index (κ2) is 10.4. The summed E-state index contributed by atoms with van der Waals surface area (Å²) in [6.07, 6.45) is 7.10. The number of carboxylic acids is 1. The van der Waals surface area contributed by atoms with Gasteiger partial charge in [0, 0.05) is 23.2 Å². The standard InChI is InChI=1S/C30H35NO6/c1-18(2)8-5-9-19(3)10-7-13-30(4)26(33)16-23-25(32)15-22-24(27(23)37-30)17-31(28(22)34)21-12-6-11-20(14-21)29(35)36/h6,8,10-12,14-15,26,32-33H,5,7,9,13,16-17H2,1-4H3,(H,35,36)/b19-10+/t26-,30-/m0/s1. The Morgan fingerprint density at radius 1 is 1.16 bits per heavy atom. The number of carbonyl (C=O) groups is 2. The highest BCUT2D eigenvalue weighted by molar-refractivity contribution is 6.11. The maximum Gasteiger partial charge on any atom is 0.335 e. The summed E-state index contributed by atoms with van der Waals surface area (Å²) in [5.74, 6) is -1.05. The largest absolute Gasteiger partial charge is 0.508 e. The molecule has 37 heavy (non-hydrogen) atoms. The normalized spacial score (nSPS) is 20.8.